The van der Waals surface area contributed by atoms with E-state index in [0.717, 1.165) is 52.0 Å². The Morgan fingerprint density at radius 1 is 1.19 bits per heavy atom. The number of aliphatic carboxylic acids is 1. The number of hydrogen-bond acceptors (Lipinski definition) is 4. The van der Waals surface area contributed by atoms with Gasteiger partial charge in [0.1, 0.15) is 0 Å². The second kappa shape index (κ2) is 8.34. The van der Waals surface area contributed by atoms with Crippen molar-refractivity contribution in [1.82, 2.24) is 15.5 Å². The fourth-order valence-corrected chi connectivity index (χ4v) is 3.25. The molecule has 1 amide bonds. The highest BCUT2D eigenvalue weighted by molar-refractivity contribution is 5.80. The minimum atomic E-state index is -0.758. The van der Waals surface area contributed by atoms with E-state index in [9.17, 15) is 9.59 Å². The van der Waals surface area contributed by atoms with Crippen molar-refractivity contribution >= 4 is 11.9 Å². The van der Waals surface area contributed by atoms with Crippen LogP contribution in [0.25, 0.3) is 0 Å². The molecule has 0 aromatic rings. The third-order valence-electron chi connectivity index (χ3n) is 4.55. The van der Waals surface area contributed by atoms with E-state index in [1.807, 2.05) is 0 Å². The van der Waals surface area contributed by atoms with Crippen molar-refractivity contribution in [3.8, 4) is 0 Å². The fourth-order valence-electron chi connectivity index (χ4n) is 3.25. The number of nitrogens with one attached hydrogen (secondary N) is 2. The van der Waals surface area contributed by atoms with Gasteiger partial charge in [-0.05, 0) is 32.2 Å². The number of nitrogens with zero attached hydrogens (tertiary/aromatic N) is 1. The molecule has 0 aromatic carbocycles. The number of carboxylic acid groups (broad SMARTS) is 1. The Labute approximate surface area is 126 Å². The van der Waals surface area contributed by atoms with Crippen LogP contribution in [0, 0.1) is 11.8 Å². The van der Waals surface area contributed by atoms with Crippen molar-refractivity contribution < 1.29 is 14.7 Å². The zero-order valence-electron chi connectivity index (χ0n) is 12.6. The summed E-state index contributed by atoms with van der Waals surface area (Å²) in [7, 11) is 0. The van der Waals surface area contributed by atoms with Crippen LogP contribution in [0.4, 0.5) is 0 Å². The van der Waals surface area contributed by atoms with Gasteiger partial charge in [0.15, 0.2) is 0 Å². The normalized spacial score (nSPS) is 27.2. The van der Waals surface area contributed by atoms with Gasteiger partial charge in [-0.15, -0.1) is 0 Å². The van der Waals surface area contributed by atoms with Gasteiger partial charge in [0.2, 0.25) is 5.91 Å². The number of hydrogen-bond donors (Lipinski definition) is 3. The first-order valence-corrected chi connectivity index (χ1v) is 8.10. The molecule has 0 radical (unpaired) electrons. The average molecular weight is 297 g/mol. The Balaban J connectivity index is 1.61. The molecule has 2 unspecified atom stereocenters. The molecule has 1 heterocycles. The molecule has 120 valence electrons. The number of rotatable bonds is 6. The predicted octanol–water partition coefficient (Wildman–Crippen LogP) is 0.289. The van der Waals surface area contributed by atoms with Gasteiger partial charge < -0.3 is 20.6 Å². The molecule has 2 aliphatic rings. The lowest BCUT2D eigenvalue weighted by Crippen LogP contribution is -2.44. The van der Waals surface area contributed by atoms with Gasteiger partial charge in [0.25, 0.3) is 0 Å². The smallest absolute Gasteiger partial charge is 0.306 e. The minimum absolute atomic E-state index is 0.0428. The molecule has 0 bridgehead atoms. The summed E-state index contributed by atoms with van der Waals surface area (Å²) < 4.78 is 0. The summed E-state index contributed by atoms with van der Waals surface area (Å²) in [4.78, 5) is 25.5. The zero-order valence-corrected chi connectivity index (χ0v) is 12.6. The minimum Gasteiger partial charge on any atom is -0.481 e. The van der Waals surface area contributed by atoms with Gasteiger partial charge in [-0.3, -0.25) is 9.59 Å². The Morgan fingerprint density at radius 3 is 2.62 bits per heavy atom. The number of piperazine rings is 1. The Kier molecular flexibility index (Phi) is 6.45. The highest BCUT2D eigenvalue weighted by Gasteiger charge is 2.30. The van der Waals surface area contributed by atoms with Crippen molar-refractivity contribution in [2.24, 2.45) is 11.8 Å². The highest BCUT2D eigenvalue weighted by Crippen LogP contribution is 2.29. The van der Waals surface area contributed by atoms with E-state index >= 15 is 0 Å². The molecule has 2 atom stereocenters. The van der Waals surface area contributed by atoms with Crippen LogP contribution in [0.1, 0.15) is 32.1 Å². The summed E-state index contributed by atoms with van der Waals surface area (Å²) in [6.45, 7) is 5.96. The molecule has 0 aromatic heterocycles. The first-order valence-electron chi connectivity index (χ1n) is 8.10. The van der Waals surface area contributed by atoms with Gasteiger partial charge in [-0.1, -0.05) is 6.42 Å². The molecule has 0 spiro atoms. The van der Waals surface area contributed by atoms with Crippen LogP contribution >= 0.6 is 0 Å². The van der Waals surface area contributed by atoms with Gasteiger partial charge in [-0.25, -0.2) is 0 Å². The number of carboxylic acids is 1. The van der Waals surface area contributed by atoms with E-state index in [1.165, 1.54) is 0 Å². The number of carbonyl (C=O) groups is 2. The summed E-state index contributed by atoms with van der Waals surface area (Å²) in [5, 5.41) is 15.4. The van der Waals surface area contributed by atoms with E-state index in [4.69, 9.17) is 5.11 Å². The summed E-state index contributed by atoms with van der Waals surface area (Å²) >= 11 is 0. The third kappa shape index (κ3) is 5.28. The third-order valence-corrected chi connectivity index (χ3v) is 4.55. The first kappa shape index (κ1) is 16.2. The highest BCUT2D eigenvalue weighted by atomic mass is 16.4. The van der Waals surface area contributed by atoms with Gasteiger partial charge in [0.05, 0.1) is 5.92 Å². The van der Waals surface area contributed by atoms with Crippen LogP contribution < -0.4 is 10.6 Å². The predicted molar refractivity (Wildman–Crippen MR) is 80.0 cm³/mol. The first-order chi connectivity index (χ1) is 10.2. The average Bonchev–Trinajstić information content (AvgIpc) is 2.52. The van der Waals surface area contributed by atoms with Gasteiger partial charge in [-0.2, -0.15) is 0 Å². The van der Waals surface area contributed by atoms with Crippen molar-refractivity contribution in [2.45, 2.75) is 32.1 Å². The van der Waals surface area contributed by atoms with E-state index in [-0.39, 0.29) is 17.7 Å². The summed E-state index contributed by atoms with van der Waals surface area (Å²) in [5.41, 5.74) is 0. The lowest BCUT2D eigenvalue weighted by molar-refractivity contribution is -0.144. The zero-order chi connectivity index (χ0) is 15.1. The second-order valence-corrected chi connectivity index (χ2v) is 6.13. The maximum Gasteiger partial charge on any atom is 0.306 e. The number of carbonyl (C=O) groups excluding carboxylic acids is 1. The largest absolute Gasteiger partial charge is 0.481 e. The van der Waals surface area contributed by atoms with Crippen molar-refractivity contribution in [1.29, 1.82) is 0 Å². The monoisotopic (exact) mass is 297 g/mol. The molecule has 2 rings (SSSR count). The Morgan fingerprint density at radius 2 is 1.90 bits per heavy atom. The fraction of sp³-hybridized carbons (Fsp3) is 0.867. The lowest BCUT2D eigenvalue weighted by Gasteiger charge is -2.28. The van der Waals surface area contributed by atoms with E-state index in [2.05, 4.69) is 15.5 Å². The molecule has 1 saturated heterocycles. The van der Waals surface area contributed by atoms with Crippen molar-refractivity contribution in [3.05, 3.63) is 0 Å². The molecular formula is C15H27N3O3. The SMILES string of the molecule is O=C(O)C1CCCC(C(=O)NCCCN2CCNCC2)C1. The maximum atomic E-state index is 12.1. The van der Waals surface area contributed by atoms with Crippen molar-refractivity contribution in [2.75, 3.05) is 39.3 Å². The van der Waals surface area contributed by atoms with Crippen molar-refractivity contribution in [3.63, 3.8) is 0 Å². The molecule has 6 nitrogen and oxygen atoms in total. The van der Waals surface area contributed by atoms with Crippen LogP contribution in [0.15, 0.2) is 0 Å². The molecule has 21 heavy (non-hydrogen) atoms. The number of amides is 1. The topological polar surface area (TPSA) is 81.7 Å². The van der Waals surface area contributed by atoms with Crippen LogP contribution in [0.5, 0.6) is 0 Å². The Hall–Kier alpha value is -1.14. The summed E-state index contributed by atoms with van der Waals surface area (Å²) in [6.07, 6.45) is 3.84. The maximum absolute atomic E-state index is 12.1. The van der Waals surface area contributed by atoms with E-state index in [1.54, 1.807) is 0 Å². The lowest BCUT2D eigenvalue weighted by atomic mass is 9.81. The van der Waals surface area contributed by atoms with Crippen LogP contribution in [0.3, 0.4) is 0 Å². The molecule has 1 aliphatic carbocycles. The van der Waals surface area contributed by atoms with Crippen LogP contribution in [-0.4, -0.2) is 61.2 Å². The van der Waals surface area contributed by atoms with Gasteiger partial charge in [0, 0.05) is 38.6 Å². The molecule has 2 fully saturated rings. The van der Waals surface area contributed by atoms with Crippen LogP contribution in [-0.2, 0) is 9.59 Å². The molecular weight excluding hydrogens is 270 g/mol. The van der Waals surface area contributed by atoms with Crippen LogP contribution in [0.2, 0.25) is 0 Å². The van der Waals surface area contributed by atoms with E-state index in [0.29, 0.717) is 19.4 Å². The second-order valence-electron chi connectivity index (χ2n) is 6.13. The van der Waals surface area contributed by atoms with E-state index < -0.39 is 5.97 Å². The molecule has 1 saturated carbocycles. The summed E-state index contributed by atoms with van der Waals surface area (Å²) in [6, 6.07) is 0. The molecule has 1 aliphatic heterocycles. The quantitative estimate of drug-likeness (QED) is 0.614. The molecule has 6 heteroatoms. The Bertz CT molecular complexity index is 356. The summed E-state index contributed by atoms with van der Waals surface area (Å²) in [5.74, 6) is -1.16. The standard InChI is InChI=1S/C15H27N3O3/c19-14(12-3-1-4-13(11-12)15(20)21)17-5-2-8-18-9-6-16-7-10-18/h12-13,16H,1-11H2,(H,17,19)(H,20,21). The van der Waals surface area contributed by atoms with Gasteiger partial charge >= 0.3 is 5.97 Å². The molecule has 3 N–H and O–H groups in total.